The monoisotopic (exact) mass is 464 g/mol. The smallest absolute Gasteiger partial charge is 0.319 e. The number of methoxy groups -OCH3 is 2. The Morgan fingerprint density at radius 2 is 1.76 bits per heavy atom. The Balaban J connectivity index is 1.78. The van der Waals surface area contributed by atoms with Crippen LogP contribution in [0.15, 0.2) is 40.9 Å². The number of amides is 2. The number of hydrogen-bond donors (Lipinski definition) is 2. The van der Waals surface area contributed by atoms with Gasteiger partial charge in [-0.2, -0.15) is 0 Å². The molecular weight excluding hydrogens is 436 g/mol. The third-order valence-electron chi connectivity index (χ3n) is 4.32. The zero-order chi connectivity index (χ0) is 21.4. The van der Waals surface area contributed by atoms with Crippen LogP contribution >= 0.6 is 15.9 Å². The Bertz CT molecular complexity index is 834. The SMILES string of the molecule is COc1ccc(OC)c(NC(=O)NCCCOc2ccc(C(C)(C)C)cc2Br)c1. The lowest BCUT2D eigenvalue weighted by molar-refractivity contribution is 0.250. The van der Waals surface area contributed by atoms with Gasteiger partial charge in [-0.25, -0.2) is 4.79 Å². The summed E-state index contributed by atoms with van der Waals surface area (Å²) in [4.78, 5) is 12.1. The fourth-order valence-electron chi connectivity index (χ4n) is 2.62. The second-order valence-corrected chi connectivity index (χ2v) is 8.40. The summed E-state index contributed by atoms with van der Waals surface area (Å²) in [6.45, 7) is 7.50. The largest absolute Gasteiger partial charge is 0.497 e. The quantitative estimate of drug-likeness (QED) is 0.516. The number of urea groups is 1. The van der Waals surface area contributed by atoms with Crippen molar-refractivity contribution in [1.82, 2.24) is 5.32 Å². The van der Waals surface area contributed by atoms with Crippen LogP contribution in [0.2, 0.25) is 0 Å². The number of carbonyl (C=O) groups excluding carboxylic acids is 1. The van der Waals surface area contributed by atoms with Gasteiger partial charge in [-0.05, 0) is 57.6 Å². The number of halogens is 1. The molecule has 7 heteroatoms. The molecule has 0 aliphatic carbocycles. The third kappa shape index (κ3) is 6.85. The van der Waals surface area contributed by atoms with E-state index in [4.69, 9.17) is 14.2 Å². The lowest BCUT2D eigenvalue weighted by Gasteiger charge is -2.20. The van der Waals surface area contributed by atoms with E-state index in [-0.39, 0.29) is 11.4 Å². The lowest BCUT2D eigenvalue weighted by Crippen LogP contribution is -2.30. The molecule has 0 atom stereocenters. The van der Waals surface area contributed by atoms with Gasteiger partial charge in [-0.1, -0.05) is 26.8 Å². The van der Waals surface area contributed by atoms with Gasteiger partial charge in [-0.3, -0.25) is 0 Å². The van der Waals surface area contributed by atoms with Crippen molar-refractivity contribution in [2.24, 2.45) is 0 Å². The van der Waals surface area contributed by atoms with Gasteiger partial charge in [0, 0.05) is 12.6 Å². The van der Waals surface area contributed by atoms with E-state index in [2.05, 4.69) is 59.5 Å². The van der Waals surface area contributed by atoms with E-state index >= 15 is 0 Å². The summed E-state index contributed by atoms with van der Waals surface area (Å²) in [5, 5.41) is 5.58. The number of carbonyl (C=O) groups is 1. The maximum absolute atomic E-state index is 12.1. The Labute approximate surface area is 181 Å². The van der Waals surface area contributed by atoms with Crippen LogP contribution in [0, 0.1) is 0 Å². The van der Waals surface area contributed by atoms with Crippen molar-refractivity contribution < 1.29 is 19.0 Å². The number of anilines is 1. The van der Waals surface area contributed by atoms with Crippen molar-refractivity contribution in [3.63, 3.8) is 0 Å². The molecule has 0 aromatic heterocycles. The minimum Gasteiger partial charge on any atom is -0.497 e. The minimum atomic E-state index is -0.313. The summed E-state index contributed by atoms with van der Waals surface area (Å²) in [7, 11) is 3.12. The molecule has 0 saturated heterocycles. The van der Waals surface area contributed by atoms with E-state index in [1.165, 1.54) is 5.56 Å². The molecule has 2 aromatic rings. The van der Waals surface area contributed by atoms with Gasteiger partial charge >= 0.3 is 6.03 Å². The highest BCUT2D eigenvalue weighted by Crippen LogP contribution is 2.31. The van der Waals surface area contributed by atoms with E-state index in [0.717, 1.165) is 10.2 Å². The maximum Gasteiger partial charge on any atom is 0.319 e. The van der Waals surface area contributed by atoms with Crippen molar-refractivity contribution in [2.75, 3.05) is 32.7 Å². The molecule has 0 radical (unpaired) electrons. The highest BCUT2D eigenvalue weighted by Gasteiger charge is 2.15. The summed E-state index contributed by atoms with van der Waals surface area (Å²) in [5.74, 6) is 1.99. The van der Waals surface area contributed by atoms with Gasteiger partial charge < -0.3 is 24.8 Å². The van der Waals surface area contributed by atoms with Crippen LogP contribution in [0.5, 0.6) is 17.2 Å². The maximum atomic E-state index is 12.1. The summed E-state index contributed by atoms with van der Waals surface area (Å²) >= 11 is 3.57. The fourth-order valence-corrected chi connectivity index (χ4v) is 3.11. The fraction of sp³-hybridized carbons (Fsp3) is 0.409. The molecule has 2 N–H and O–H groups in total. The van der Waals surface area contributed by atoms with Crippen molar-refractivity contribution in [1.29, 1.82) is 0 Å². The summed E-state index contributed by atoms with van der Waals surface area (Å²) < 4.78 is 17.2. The van der Waals surface area contributed by atoms with E-state index in [1.807, 2.05) is 6.07 Å². The van der Waals surface area contributed by atoms with E-state index < -0.39 is 0 Å². The van der Waals surface area contributed by atoms with Crippen molar-refractivity contribution in [2.45, 2.75) is 32.6 Å². The van der Waals surface area contributed by atoms with Gasteiger partial charge in [0.2, 0.25) is 0 Å². The molecule has 0 saturated carbocycles. The standard InChI is InChI=1S/C22H29BrN2O4/c1-22(2,3)15-7-9-19(17(23)13-15)29-12-6-11-24-21(26)25-18-14-16(27-4)8-10-20(18)28-5/h7-10,13-14H,6,11-12H2,1-5H3,(H2,24,25,26). The summed E-state index contributed by atoms with van der Waals surface area (Å²) in [5.41, 5.74) is 1.87. The highest BCUT2D eigenvalue weighted by atomic mass is 79.9. The normalized spacial score (nSPS) is 11.0. The van der Waals surface area contributed by atoms with Gasteiger partial charge in [0.15, 0.2) is 0 Å². The number of ether oxygens (including phenoxy) is 3. The number of rotatable bonds is 8. The topological polar surface area (TPSA) is 68.8 Å². The Morgan fingerprint density at radius 1 is 1.03 bits per heavy atom. The van der Waals surface area contributed by atoms with Crippen LogP contribution < -0.4 is 24.8 Å². The molecule has 29 heavy (non-hydrogen) atoms. The third-order valence-corrected chi connectivity index (χ3v) is 4.94. The molecule has 2 amide bonds. The van der Waals surface area contributed by atoms with Gasteiger partial charge in [0.05, 0.1) is 31.0 Å². The average molecular weight is 465 g/mol. The van der Waals surface area contributed by atoms with Crippen LogP contribution in [-0.2, 0) is 5.41 Å². The molecule has 6 nitrogen and oxygen atoms in total. The second kappa shape index (κ2) is 10.4. The van der Waals surface area contributed by atoms with Gasteiger partial charge in [0.1, 0.15) is 17.2 Å². The average Bonchev–Trinajstić information content (AvgIpc) is 2.67. The lowest BCUT2D eigenvalue weighted by atomic mass is 9.87. The van der Waals surface area contributed by atoms with Crippen LogP contribution in [0.3, 0.4) is 0 Å². The van der Waals surface area contributed by atoms with Crippen molar-refractivity contribution in [3.05, 3.63) is 46.4 Å². The molecule has 0 unspecified atom stereocenters. The molecule has 0 fully saturated rings. The molecular formula is C22H29BrN2O4. The van der Waals surface area contributed by atoms with Gasteiger partial charge in [0.25, 0.3) is 0 Å². The number of benzene rings is 2. The van der Waals surface area contributed by atoms with Crippen LogP contribution in [0.25, 0.3) is 0 Å². The number of nitrogens with one attached hydrogen (secondary N) is 2. The highest BCUT2D eigenvalue weighted by molar-refractivity contribution is 9.10. The van der Waals surface area contributed by atoms with Crippen LogP contribution in [-0.4, -0.2) is 33.4 Å². The van der Waals surface area contributed by atoms with E-state index in [9.17, 15) is 4.79 Å². The zero-order valence-corrected chi connectivity index (χ0v) is 19.2. The first-order chi connectivity index (χ1) is 13.7. The molecule has 2 rings (SSSR count). The zero-order valence-electron chi connectivity index (χ0n) is 17.6. The summed E-state index contributed by atoms with van der Waals surface area (Å²) in [6.07, 6.45) is 0.677. The first kappa shape index (κ1) is 22.9. The number of hydrogen-bond acceptors (Lipinski definition) is 4. The molecule has 2 aromatic carbocycles. The Kier molecular flexibility index (Phi) is 8.20. The molecule has 0 heterocycles. The predicted molar refractivity (Wildman–Crippen MR) is 120 cm³/mol. The Hall–Kier alpha value is -2.41. The molecule has 0 bridgehead atoms. The molecule has 158 valence electrons. The van der Waals surface area contributed by atoms with Crippen LogP contribution in [0.4, 0.5) is 10.5 Å². The van der Waals surface area contributed by atoms with Crippen molar-refractivity contribution in [3.8, 4) is 17.2 Å². The van der Waals surface area contributed by atoms with Gasteiger partial charge in [-0.15, -0.1) is 0 Å². The second-order valence-electron chi connectivity index (χ2n) is 7.54. The first-order valence-electron chi connectivity index (χ1n) is 9.44. The molecule has 0 aliphatic rings. The van der Waals surface area contributed by atoms with Crippen LogP contribution in [0.1, 0.15) is 32.8 Å². The molecule has 0 aliphatic heterocycles. The van der Waals surface area contributed by atoms with E-state index in [1.54, 1.807) is 32.4 Å². The summed E-state index contributed by atoms with van der Waals surface area (Å²) in [6, 6.07) is 11.0. The first-order valence-corrected chi connectivity index (χ1v) is 10.2. The Morgan fingerprint density at radius 3 is 2.38 bits per heavy atom. The van der Waals surface area contributed by atoms with E-state index in [0.29, 0.717) is 36.8 Å². The predicted octanol–water partition coefficient (Wildman–Crippen LogP) is 5.35. The van der Waals surface area contributed by atoms with Crippen molar-refractivity contribution >= 4 is 27.6 Å². The minimum absolute atomic E-state index is 0.0871. The molecule has 0 spiro atoms.